The van der Waals surface area contributed by atoms with Crippen LogP contribution in [0.15, 0.2) is 27.4 Å². The maximum Gasteiger partial charge on any atom is 0.419 e. The second kappa shape index (κ2) is 8.92. The van der Waals surface area contributed by atoms with E-state index < -0.39 is 17.3 Å². The molecule has 1 atom stereocenters. The maximum atomic E-state index is 13.3. The summed E-state index contributed by atoms with van der Waals surface area (Å²) in [6.07, 6.45) is 0.942. The molecule has 4 rings (SSSR count). The number of nitrogens with one attached hydrogen (secondary N) is 1. The van der Waals surface area contributed by atoms with Crippen molar-refractivity contribution in [1.29, 1.82) is 0 Å². The number of carbonyl (C=O) groups is 1. The van der Waals surface area contributed by atoms with Gasteiger partial charge in [-0.1, -0.05) is 6.92 Å². The Morgan fingerprint density at radius 2 is 1.91 bits per heavy atom. The SMILES string of the molecule is CCCn1c(=O)oc2cc(NC(=O)CN3CC[C@](O)(CN4CCC(F)(F)CC4)C3)ccc21. The summed E-state index contributed by atoms with van der Waals surface area (Å²) in [5, 5.41) is 13.7. The summed E-state index contributed by atoms with van der Waals surface area (Å²) in [6.45, 7) is 4.41. The van der Waals surface area contributed by atoms with Crippen molar-refractivity contribution in [2.24, 2.45) is 0 Å². The highest BCUT2D eigenvalue weighted by molar-refractivity contribution is 5.94. The molecule has 1 aromatic carbocycles. The molecular weight excluding hydrogens is 422 g/mol. The number of hydrogen-bond donors (Lipinski definition) is 2. The van der Waals surface area contributed by atoms with Crippen LogP contribution >= 0.6 is 0 Å². The third-order valence-electron chi connectivity index (χ3n) is 6.28. The monoisotopic (exact) mass is 452 g/mol. The second-order valence-electron chi connectivity index (χ2n) is 9.07. The zero-order valence-corrected chi connectivity index (χ0v) is 18.3. The number of aromatic nitrogens is 1. The van der Waals surface area contributed by atoms with Crippen LogP contribution in [0.5, 0.6) is 0 Å². The number of alkyl halides is 2. The minimum absolute atomic E-state index is 0.110. The molecule has 1 amide bonds. The van der Waals surface area contributed by atoms with Gasteiger partial charge in [0.05, 0.1) is 17.7 Å². The van der Waals surface area contributed by atoms with Crippen LogP contribution in [-0.2, 0) is 11.3 Å². The molecule has 2 aliphatic rings. The van der Waals surface area contributed by atoms with Crippen LogP contribution in [0.1, 0.15) is 32.6 Å². The standard InChI is InChI=1S/C22H30F2N4O4/c1-2-8-28-17-4-3-16(12-18(17)32-20(28)30)25-19(29)13-27-9-5-21(31,15-27)14-26-10-6-22(23,24)7-11-26/h3-4,12,31H,2,5-11,13-15H2,1H3,(H,25,29)/t21-/m0/s1. The fraction of sp³-hybridized carbons (Fsp3) is 0.636. The molecule has 0 aliphatic carbocycles. The van der Waals surface area contributed by atoms with Crippen molar-refractivity contribution in [2.75, 3.05) is 44.6 Å². The molecule has 1 aromatic heterocycles. The van der Waals surface area contributed by atoms with Gasteiger partial charge in [-0.05, 0) is 25.0 Å². The first-order valence-electron chi connectivity index (χ1n) is 11.1. The molecule has 0 saturated carbocycles. The first-order chi connectivity index (χ1) is 15.2. The third kappa shape index (κ3) is 5.19. The Morgan fingerprint density at radius 1 is 1.19 bits per heavy atom. The lowest BCUT2D eigenvalue weighted by atomic mass is 10.00. The van der Waals surface area contributed by atoms with Gasteiger partial charge in [0.1, 0.15) is 0 Å². The van der Waals surface area contributed by atoms with Crippen molar-refractivity contribution in [2.45, 2.75) is 50.7 Å². The molecule has 0 spiro atoms. The molecule has 0 radical (unpaired) electrons. The maximum absolute atomic E-state index is 13.3. The van der Waals surface area contributed by atoms with Gasteiger partial charge in [-0.3, -0.25) is 19.2 Å². The van der Waals surface area contributed by atoms with Crippen molar-refractivity contribution >= 4 is 22.7 Å². The highest BCUT2D eigenvalue weighted by atomic mass is 19.3. The topological polar surface area (TPSA) is 91.0 Å². The summed E-state index contributed by atoms with van der Waals surface area (Å²) in [7, 11) is 0. The Morgan fingerprint density at radius 3 is 2.62 bits per heavy atom. The number of nitrogens with zero attached hydrogens (tertiary/aromatic N) is 3. The number of likely N-dealkylation sites (tertiary alicyclic amines) is 2. The van der Waals surface area contributed by atoms with E-state index in [1.165, 1.54) is 0 Å². The lowest BCUT2D eigenvalue weighted by Crippen LogP contribution is -2.49. The van der Waals surface area contributed by atoms with E-state index in [4.69, 9.17) is 4.42 Å². The summed E-state index contributed by atoms with van der Waals surface area (Å²) in [6, 6.07) is 5.11. The van der Waals surface area contributed by atoms with E-state index in [1.54, 1.807) is 22.8 Å². The van der Waals surface area contributed by atoms with Gasteiger partial charge in [0.2, 0.25) is 5.91 Å². The van der Waals surface area contributed by atoms with Crippen LogP contribution in [0.4, 0.5) is 14.5 Å². The summed E-state index contributed by atoms with van der Waals surface area (Å²) >= 11 is 0. The number of aliphatic hydroxyl groups is 1. The minimum atomic E-state index is -2.61. The van der Waals surface area contributed by atoms with Gasteiger partial charge in [0.25, 0.3) is 5.92 Å². The number of amides is 1. The Labute approximate surface area is 184 Å². The number of oxazole rings is 1. The van der Waals surface area contributed by atoms with Crippen LogP contribution in [0.2, 0.25) is 0 Å². The summed E-state index contributed by atoms with van der Waals surface area (Å²) in [5.74, 6) is -3.26. The van der Waals surface area contributed by atoms with Crippen LogP contribution in [0, 0.1) is 0 Å². The molecule has 0 bridgehead atoms. The normalized spacial score (nSPS) is 24.2. The van der Waals surface area contributed by atoms with Gasteiger partial charge >= 0.3 is 5.76 Å². The summed E-state index contributed by atoms with van der Waals surface area (Å²) in [4.78, 5) is 28.2. The summed E-state index contributed by atoms with van der Waals surface area (Å²) < 4.78 is 33.5. The van der Waals surface area contributed by atoms with Crippen molar-refractivity contribution < 1.29 is 23.1 Å². The molecule has 2 N–H and O–H groups in total. The van der Waals surface area contributed by atoms with E-state index in [0.29, 0.717) is 49.4 Å². The van der Waals surface area contributed by atoms with Gasteiger partial charge in [0.15, 0.2) is 5.58 Å². The Hall–Kier alpha value is -2.30. The molecule has 8 nitrogen and oxygen atoms in total. The van der Waals surface area contributed by atoms with E-state index >= 15 is 0 Å². The number of carbonyl (C=O) groups excluding carboxylic acids is 1. The molecule has 2 saturated heterocycles. The lowest BCUT2D eigenvalue weighted by molar-refractivity contribution is -0.117. The first-order valence-corrected chi connectivity index (χ1v) is 11.1. The van der Waals surface area contributed by atoms with Crippen molar-refractivity contribution in [3.8, 4) is 0 Å². The summed E-state index contributed by atoms with van der Waals surface area (Å²) in [5.41, 5.74) is 0.639. The Kier molecular flexibility index (Phi) is 6.37. The van der Waals surface area contributed by atoms with Gasteiger partial charge in [-0.15, -0.1) is 0 Å². The third-order valence-corrected chi connectivity index (χ3v) is 6.28. The van der Waals surface area contributed by atoms with E-state index in [9.17, 15) is 23.5 Å². The van der Waals surface area contributed by atoms with Crippen LogP contribution in [0.3, 0.4) is 0 Å². The highest BCUT2D eigenvalue weighted by Crippen LogP contribution is 2.30. The number of halogens is 2. The molecule has 2 aromatic rings. The van der Waals surface area contributed by atoms with Gasteiger partial charge in [0, 0.05) is 63.9 Å². The molecule has 176 valence electrons. The average Bonchev–Trinajstić information content (AvgIpc) is 3.23. The minimum Gasteiger partial charge on any atom is -0.408 e. The fourth-order valence-electron chi connectivity index (χ4n) is 4.64. The molecule has 2 aliphatic heterocycles. The number of hydrogen-bond acceptors (Lipinski definition) is 6. The van der Waals surface area contributed by atoms with Crippen LogP contribution < -0.4 is 11.1 Å². The Balaban J connectivity index is 1.30. The predicted molar refractivity (Wildman–Crippen MR) is 116 cm³/mol. The molecule has 2 fully saturated rings. The van der Waals surface area contributed by atoms with Crippen molar-refractivity contribution in [3.63, 3.8) is 0 Å². The van der Waals surface area contributed by atoms with Gasteiger partial charge in [-0.25, -0.2) is 13.6 Å². The molecule has 32 heavy (non-hydrogen) atoms. The quantitative estimate of drug-likeness (QED) is 0.669. The molecular formula is C22H30F2N4O4. The number of benzene rings is 1. The van der Waals surface area contributed by atoms with Crippen molar-refractivity contribution in [3.05, 3.63) is 28.7 Å². The van der Waals surface area contributed by atoms with E-state index in [-0.39, 0.29) is 38.4 Å². The lowest BCUT2D eigenvalue weighted by Gasteiger charge is -2.36. The van der Waals surface area contributed by atoms with Gasteiger partial charge < -0.3 is 14.8 Å². The Bertz CT molecular complexity index is 1030. The largest absolute Gasteiger partial charge is 0.419 e. The second-order valence-corrected chi connectivity index (χ2v) is 9.07. The number of fused-ring (bicyclic) bond motifs is 1. The van der Waals surface area contributed by atoms with E-state index in [2.05, 4.69) is 5.32 Å². The van der Waals surface area contributed by atoms with Crippen LogP contribution in [-0.4, -0.2) is 76.2 Å². The fourth-order valence-corrected chi connectivity index (χ4v) is 4.64. The number of piperidine rings is 1. The number of aryl methyl sites for hydroxylation is 1. The van der Waals surface area contributed by atoms with E-state index in [1.807, 2.05) is 16.7 Å². The van der Waals surface area contributed by atoms with E-state index in [0.717, 1.165) is 6.42 Å². The zero-order valence-electron chi connectivity index (χ0n) is 18.3. The van der Waals surface area contributed by atoms with Crippen LogP contribution in [0.25, 0.3) is 11.1 Å². The zero-order chi connectivity index (χ0) is 22.9. The molecule has 10 heteroatoms. The highest BCUT2D eigenvalue weighted by Gasteiger charge is 2.41. The molecule has 0 unspecified atom stereocenters. The molecule has 3 heterocycles. The number of β-amino-alcohol motifs (C(OH)–C–C–N with tert-alkyl or cyclic N) is 1. The number of anilines is 1. The van der Waals surface area contributed by atoms with Crippen molar-refractivity contribution in [1.82, 2.24) is 14.4 Å². The first kappa shape index (κ1) is 22.9. The smallest absolute Gasteiger partial charge is 0.408 e. The predicted octanol–water partition coefficient (Wildman–Crippen LogP) is 2.11. The van der Waals surface area contributed by atoms with Gasteiger partial charge in [-0.2, -0.15) is 0 Å². The average molecular weight is 453 g/mol. The number of rotatable bonds is 7.